The van der Waals surface area contributed by atoms with Crippen LogP contribution in [0.4, 0.5) is 0 Å². The van der Waals surface area contributed by atoms with Crippen LogP contribution in [-0.2, 0) is 9.53 Å². The van der Waals surface area contributed by atoms with Crippen LogP contribution < -0.4 is 11.4 Å². The topological polar surface area (TPSA) is 115 Å². The van der Waals surface area contributed by atoms with Crippen molar-refractivity contribution >= 4 is 23.6 Å². The van der Waals surface area contributed by atoms with Gasteiger partial charge in [0.15, 0.2) is 0 Å². The average Bonchev–Trinajstić information content (AvgIpc) is 2.25. The maximum atomic E-state index is 11.7. The minimum Gasteiger partial charge on any atom is -0.462 e. The van der Waals surface area contributed by atoms with Crippen LogP contribution in [0.5, 0.6) is 0 Å². The van der Waals surface area contributed by atoms with Crippen molar-refractivity contribution in [2.24, 2.45) is 5.73 Å². The number of primary amides is 1. The first-order valence-corrected chi connectivity index (χ1v) is 6.13. The zero-order chi connectivity index (χ0) is 13.7. The highest BCUT2D eigenvalue weighted by atomic mass is 32.2. The Morgan fingerprint density at radius 3 is 2.72 bits per heavy atom. The maximum Gasteiger partial charge on any atom is 0.346 e. The third-order valence-electron chi connectivity index (χ3n) is 1.92. The average molecular weight is 271 g/mol. The molecule has 0 spiro atoms. The second-order valence-electron chi connectivity index (χ2n) is 3.32. The van der Waals surface area contributed by atoms with E-state index in [0.717, 1.165) is 11.8 Å². The van der Waals surface area contributed by atoms with Gasteiger partial charge in [0.1, 0.15) is 10.6 Å². The number of H-pyrrole nitrogens is 1. The van der Waals surface area contributed by atoms with E-state index in [4.69, 9.17) is 10.5 Å². The molecule has 0 unspecified atom stereocenters. The van der Waals surface area contributed by atoms with Crippen LogP contribution in [0.15, 0.2) is 9.82 Å². The predicted octanol–water partition coefficient (Wildman–Crippen LogP) is -0.168. The number of amides is 1. The quantitative estimate of drug-likeness (QED) is 0.436. The molecule has 8 heteroatoms. The van der Waals surface area contributed by atoms with Gasteiger partial charge in [-0.15, -0.1) is 0 Å². The molecule has 1 aromatic heterocycles. The molecule has 3 N–H and O–H groups in total. The zero-order valence-electron chi connectivity index (χ0n) is 9.98. The number of carbonyl (C=O) groups is 2. The van der Waals surface area contributed by atoms with E-state index in [9.17, 15) is 14.4 Å². The van der Waals surface area contributed by atoms with Crippen LogP contribution in [0.25, 0.3) is 0 Å². The summed E-state index contributed by atoms with van der Waals surface area (Å²) in [4.78, 5) is 39.8. The van der Waals surface area contributed by atoms with Crippen molar-refractivity contribution in [1.82, 2.24) is 9.97 Å². The molecule has 0 aliphatic carbocycles. The van der Waals surface area contributed by atoms with Gasteiger partial charge in [0.05, 0.1) is 12.4 Å². The first-order valence-electron chi connectivity index (χ1n) is 5.14. The molecule has 0 aliphatic rings. The molecule has 0 atom stereocenters. The number of rotatable bonds is 5. The van der Waals surface area contributed by atoms with Gasteiger partial charge >= 0.3 is 11.7 Å². The van der Waals surface area contributed by atoms with E-state index < -0.39 is 17.6 Å². The van der Waals surface area contributed by atoms with E-state index in [2.05, 4.69) is 9.97 Å². The summed E-state index contributed by atoms with van der Waals surface area (Å²) >= 11 is 0.931. The third kappa shape index (κ3) is 3.59. The number of aromatic amines is 1. The lowest BCUT2D eigenvalue weighted by molar-refractivity contribution is -0.115. The van der Waals surface area contributed by atoms with Gasteiger partial charge < -0.3 is 15.5 Å². The monoisotopic (exact) mass is 271 g/mol. The SMILES string of the molecule is CCOC(=O)c1c(SCC(N)=O)nc(=O)[nH]c1C. The van der Waals surface area contributed by atoms with E-state index in [1.165, 1.54) is 0 Å². The standard InChI is InChI=1S/C10H13N3O4S/c1-3-17-9(15)7-5(2)12-10(16)13-8(7)18-4-6(11)14/h3-4H2,1-2H3,(H2,11,14)(H,12,13,16). The fourth-order valence-corrected chi connectivity index (χ4v) is 2.05. The van der Waals surface area contributed by atoms with E-state index >= 15 is 0 Å². The van der Waals surface area contributed by atoms with Gasteiger partial charge in [-0.25, -0.2) is 9.59 Å². The van der Waals surface area contributed by atoms with Crippen molar-refractivity contribution in [2.75, 3.05) is 12.4 Å². The summed E-state index contributed by atoms with van der Waals surface area (Å²) in [6.07, 6.45) is 0. The van der Waals surface area contributed by atoms with Crippen LogP contribution in [-0.4, -0.2) is 34.2 Å². The number of aryl methyl sites for hydroxylation is 1. The molecule has 0 bridgehead atoms. The smallest absolute Gasteiger partial charge is 0.346 e. The molecule has 0 aliphatic heterocycles. The van der Waals surface area contributed by atoms with Crippen LogP contribution in [0.1, 0.15) is 23.0 Å². The Morgan fingerprint density at radius 2 is 2.17 bits per heavy atom. The number of carbonyl (C=O) groups excluding carboxylic acids is 2. The number of hydrogen-bond donors (Lipinski definition) is 2. The van der Waals surface area contributed by atoms with Gasteiger partial charge in [0.25, 0.3) is 0 Å². The minimum absolute atomic E-state index is 0.0672. The molecule has 98 valence electrons. The fraction of sp³-hybridized carbons (Fsp3) is 0.400. The lowest BCUT2D eigenvalue weighted by atomic mass is 10.2. The maximum absolute atomic E-state index is 11.7. The van der Waals surface area contributed by atoms with Gasteiger partial charge in [0, 0.05) is 5.69 Å². The number of nitrogens with one attached hydrogen (secondary N) is 1. The summed E-state index contributed by atoms with van der Waals surface area (Å²) < 4.78 is 4.87. The molecule has 1 aromatic rings. The van der Waals surface area contributed by atoms with Crippen molar-refractivity contribution in [1.29, 1.82) is 0 Å². The number of aromatic nitrogens is 2. The molecule has 1 amide bonds. The molecule has 0 fully saturated rings. The third-order valence-corrected chi connectivity index (χ3v) is 2.91. The second kappa shape index (κ2) is 6.20. The van der Waals surface area contributed by atoms with Gasteiger partial charge in [-0.1, -0.05) is 11.8 Å². The van der Waals surface area contributed by atoms with Gasteiger partial charge in [-0.3, -0.25) is 4.79 Å². The Balaban J connectivity index is 3.16. The Morgan fingerprint density at radius 1 is 1.50 bits per heavy atom. The molecule has 18 heavy (non-hydrogen) atoms. The molecule has 0 radical (unpaired) electrons. The summed E-state index contributed by atoms with van der Waals surface area (Å²) in [5.74, 6) is -1.22. The largest absolute Gasteiger partial charge is 0.462 e. The summed E-state index contributed by atoms with van der Waals surface area (Å²) in [7, 11) is 0. The second-order valence-corrected chi connectivity index (χ2v) is 4.29. The van der Waals surface area contributed by atoms with Crippen LogP contribution in [0.2, 0.25) is 0 Å². The Labute approximate surface area is 107 Å². The van der Waals surface area contributed by atoms with Gasteiger partial charge in [-0.2, -0.15) is 4.98 Å². The normalized spacial score (nSPS) is 10.1. The van der Waals surface area contributed by atoms with E-state index in [1.54, 1.807) is 13.8 Å². The van der Waals surface area contributed by atoms with Crippen molar-refractivity contribution in [3.05, 3.63) is 21.7 Å². The minimum atomic E-state index is -0.592. The molecule has 0 saturated carbocycles. The first kappa shape index (κ1) is 14.2. The van der Waals surface area contributed by atoms with Crippen LogP contribution in [0, 0.1) is 6.92 Å². The Hall–Kier alpha value is -1.83. The predicted molar refractivity (Wildman–Crippen MR) is 65.5 cm³/mol. The van der Waals surface area contributed by atoms with E-state index in [1.807, 2.05) is 0 Å². The van der Waals surface area contributed by atoms with Crippen LogP contribution >= 0.6 is 11.8 Å². The van der Waals surface area contributed by atoms with Crippen molar-refractivity contribution in [2.45, 2.75) is 18.9 Å². The van der Waals surface area contributed by atoms with Gasteiger partial charge in [-0.05, 0) is 13.8 Å². The molecule has 0 aromatic carbocycles. The number of esters is 1. The number of nitrogens with zero attached hydrogens (tertiary/aromatic N) is 1. The summed E-state index contributed by atoms with van der Waals surface area (Å²) in [6, 6.07) is 0. The van der Waals surface area contributed by atoms with E-state index in [-0.39, 0.29) is 22.9 Å². The highest BCUT2D eigenvalue weighted by Gasteiger charge is 2.19. The summed E-state index contributed by atoms with van der Waals surface area (Å²) in [5, 5.41) is 0.147. The highest BCUT2D eigenvalue weighted by molar-refractivity contribution is 8.00. The number of nitrogens with two attached hydrogens (primary N) is 1. The fourth-order valence-electron chi connectivity index (χ4n) is 1.25. The van der Waals surface area contributed by atoms with Crippen molar-refractivity contribution in [3.63, 3.8) is 0 Å². The molecule has 0 saturated heterocycles. The summed E-state index contributed by atoms with van der Waals surface area (Å²) in [6.45, 7) is 3.43. The molecular weight excluding hydrogens is 258 g/mol. The Bertz CT molecular complexity index is 526. The van der Waals surface area contributed by atoms with Crippen LogP contribution in [0.3, 0.4) is 0 Å². The molecular formula is C10H13N3O4S. The first-order chi connectivity index (χ1) is 8.45. The number of hydrogen-bond acceptors (Lipinski definition) is 6. The summed E-state index contributed by atoms with van der Waals surface area (Å²) in [5.41, 5.74) is 4.92. The zero-order valence-corrected chi connectivity index (χ0v) is 10.8. The number of ether oxygens (including phenoxy) is 1. The lowest BCUT2D eigenvalue weighted by Crippen LogP contribution is -2.21. The van der Waals surface area contributed by atoms with Gasteiger partial charge in [0.2, 0.25) is 5.91 Å². The molecule has 7 nitrogen and oxygen atoms in total. The van der Waals surface area contributed by atoms with Crippen molar-refractivity contribution < 1.29 is 14.3 Å². The number of thioether (sulfide) groups is 1. The molecule has 1 heterocycles. The lowest BCUT2D eigenvalue weighted by Gasteiger charge is -2.08. The van der Waals surface area contributed by atoms with Crippen molar-refractivity contribution in [3.8, 4) is 0 Å². The molecule has 1 rings (SSSR count). The Kier molecular flexibility index (Phi) is 4.90. The highest BCUT2D eigenvalue weighted by Crippen LogP contribution is 2.21. The van der Waals surface area contributed by atoms with E-state index in [0.29, 0.717) is 5.69 Å².